The van der Waals surface area contributed by atoms with Crippen LogP contribution in [0.3, 0.4) is 0 Å². The van der Waals surface area contributed by atoms with E-state index in [0.29, 0.717) is 18.7 Å². The minimum atomic E-state index is -0.146. The lowest BCUT2D eigenvalue weighted by Gasteiger charge is -2.13. The van der Waals surface area contributed by atoms with Gasteiger partial charge in [0.05, 0.1) is 18.2 Å². The van der Waals surface area contributed by atoms with Gasteiger partial charge in [0.25, 0.3) is 5.91 Å². The molecule has 3 rings (SSSR count). The predicted octanol–water partition coefficient (Wildman–Crippen LogP) is 3.77. The molecule has 3 aromatic rings. The van der Waals surface area contributed by atoms with Crippen molar-refractivity contribution in [2.24, 2.45) is 0 Å². The Morgan fingerprint density at radius 2 is 2.21 bits per heavy atom. The van der Waals surface area contributed by atoms with E-state index in [9.17, 15) is 4.79 Å². The Balaban J connectivity index is 1.94. The molecule has 1 amide bonds. The molecule has 6 heteroatoms. The molecule has 122 valence electrons. The maximum Gasteiger partial charge on any atom is 0.273 e. The summed E-state index contributed by atoms with van der Waals surface area (Å²) < 4.78 is 2.21. The zero-order valence-electron chi connectivity index (χ0n) is 13.7. The van der Waals surface area contributed by atoms with Crippen LogP contribution in [0, 0.1) is 11.3 Å². The number of nitrogens with zero attached hydrogens (tertiary/aromatic N) is 4. The molecule has 24 heavy (non-hydrogen) atoms. The van der Waals surface area contributed by atoms with Crippen LogP contribution in [0.5, 0.6) is 0 Å². The van der Waals surface area contributed by atoms with Gasteiger partial charge < -0.3 is 9.47 Å². The van der Waals surface area contributed by atoms with Crippen molar-refractivity contribution in [2.45, 2.75) is 19.9 Å². The summed E-state index contributed by atoms with van der Waals surface area (Å²) in [4.78, 5) is 18.5. The predicted molar refractivity (Wildman–Crippen MR) is 95.9 cm³/mol. The van der Waals surface area contributed by atoms with Crippen molar-refractivity contribution in [3.63, 3.8) is 0 Å². The first-order valence-corrected chi connectivity index (χ1v) is 8.70. The van der Waals surface area contributed by atoms with Gasteiger partial charge in [-0.15, -0.1) is 11.3 Å². The van der Waals surface area contributed by atoms with Gasteiger partial charge in [-0.05, 0) is 19.1 Å². The highest BCUT2D eigenvalue weighted by molar-refractivity contribution is 7.13. The lowest BCUT2D eigenvalue weighted by Crippen LogP contribution is -2.27. The number of carbonyl (C=O) groups is 1. The molecule has 0 saturated carbocycles. The Kier molecular flexibility index (Phi) is 4.63. The topological polar surface area (TPSA) is 61.9 Å². The van der Waals surface area contributed by atoms with Crippen LogP contribution in [0.25, 0.3) is 21.6 Å². The second kappa shape index (κ2) is 6.85. The molecule has 0 aliphatic heterocycles. The van der Waals surface area contributed by atoms with Crippen LogP contribution in [0.15, 0.2) is 35.7 Å². The Morgan fingerprint density at radius 1 is 1.42 bits per heavy atom. The number of hydrogen-bond acceptors (Lipinski definition) is 4. The van der Waals surface area contributed by atoms with E-state index in [1.807, 2.05) is 12.1 Å². The van der Waals surface area contributed by atoms with Gasteiger partial charge in [-0.2, -0.15) is 5.26 Å². The minimum absolute atomic E-state index is 0.146. The molecule has 1 aromatic carbocycles. The number of fused-ring (bicyclic) bond motifs is 1. The van der Waals surface area contributed by atoms with Crippen molar-refractivity contribution in [1.82, 2.24) is 14.5 Å². The highest BCUT2D eigenvalue weighted by Gasteiger charge is 2.18. The Morgan fingerprint density at radius 3 is 2.96 bits per heavy atom. The van der Waals surface area contributed by atoms with Gasteiger partial charge >= 0.3 is 0 Å². The number of para-hydroxylation sites is 1. The third-order valence-corrected chi connectivity index (χ3v) is 4.84. The number of amides is 1. The van der Waals surface area contributed by atoms with Gasteiger partial charge in [0.15, 0.2) is 0 Å². The quantitative estimate of drug-likeness (QED) is 0.711. The molecule has 0 fully saturated rings. The molecule has 0 saturated heterocycles. The number of nitriles is 1. The number of aryl methyl sites for hydroxylation is 1. The summed E-state index contributed by atoms with van der Waals surface area (Å²) in [7, 11) is 1.70. The number of carbonyl (C=O) groups excluding carboxylic acids is 1. The number of rotatable bonds is 5. The normalized spacial score (nSPS) is 10.7. The smallest absolute Gasteiger partial charge is 0.273 e. The molecule has 5 nitrogen and oxygen atoms in total. The first-order valence-electron chi connectivity index (χ1n) is 7.82. The average molecular weight is 338 g/mol. The van der Waals surface area contributed by atoms with Gasteiger partial charge in [0, 0.05) is 36.4 Å². The molecule has 0 spiro atoms. The van der Waals surface area contributed by atoms with Crippen LogP contribution in [-0.2, 0) is 6.54 Å². The molecule has 2 aromatic heterocycles. The van der Waals surface area contributed by atoms with Gasteiger partial charge in [-0.1, -0.05) is 18.2 Å². The lowest BCUT2D eigenvalue weighted by molar-refractivity contribution is 0.0793. The number of aromatic nitrogens is 2. The summed E-state index contributed by atoms with van der Waals surface area (Å²) in [5.41, 5.74) is 2.63. The third-order valence-electron chi connectivity index (χ3n) is 3.97. The first kappa shape index (κ1) is 16.2. The fourth-order valence-electron chi connectivity index (χ4n) is 2.73. The summed E-state index contributed by atoms with van der Waals surface area (Å²) in [6, 6.07) is 12.4. The number of thiazole rings is 1. The van der Waals surface area contributed by atoms with Gasteiger partial charge in [-0.25, -0.2) is 4.98 Å². The SMILES string of the molecule is CCn1c(-c2nc(C(=O)N(C)CCC#N)cs2)cc2ccccc21. The highest BCUT2D eigenvalue weighted by atomic mass is 32.1. The molecule has 0 radical (unpaired) electrons. The van der Waals surface area contributed by atoms with Crippen molar-refractivity contribution in [1.29, 1.82) is 5.26 Å². The summed E-state index contributed by atoms with van der Waals surface area (Å²) in [6.45, 7) is 3.36. The second-order valence-corrected chi connectivity index (χ2v) is 6.36. The Hall–Kier alpha value is -2.65. The van der Waals surface area contributed by atoms with E-state index in [1.165, 1.54) is 27.1 Å². The van der Waals surface area contributed by atoms with E-state index in [0.717, 1.165) is 17.2 Å². The fraction of sp³-hybridized carbons (Fsp3) is 0.278. The molecular weight excluding hydrogens is 320 g/mol. The molecule has 0 atom stereocenters. The van der Waals surface area contributed by atoms with Crippen molar-refractivity contribution < 1.29 is 4.79 Å². The average Bonchev–Trinajstić information content (AvgIpc) is 3.22. The molecule has 0 N–H and O–H groups in total. The first-order chi connectivity index (χ1) is 11.7. The van der Waals surface area contributed by atoms with Crippen LogP contribution in [-0.4, -0.2) is 34.0 Å². The summed E-state index contributed by atoms with van der Waals surface area (Å²) in [6.07, 6.45) is 0.323. The second-order valence-electron chi connectivity index (χ2n) is 5.51. The van der Waals surface area contributed by atoms with E-state index in [1.54, 1.807) is 12.4 Å². The van der Waals surface area contributed by atoms with Crippen molar-refractivity contribution >= 4 is 28.1 Å². The van der Waals surface area contributed by atoms with Crippen molar-refractivity contribution in [2.75, 3.05) is 13.6 Å². The Bertz CT molecular complexity index is 919. The highest BCUT2D eigenvalue weighted by Crippen LogP contribution is 2.30. The maximum atomic E-state index is 12.4. The molecule has 0 bridgehead atoms. The molecular formula is C18H18N4OS. The standard InChI is InChI=1S/C18H18N4OS/c1-3-22-15-8-5-4-7-13(15)11-16(22)17-20-14(12-24-17)18(23)21(2)10-6-9-19/h4-5,7-8,11-12H,3,6,10H2,1-2H3. The van der Waals surface area contributed by atoms with Crippen LogP contribution in [0.1, 0.15) is 23.8 Å². The van der Waals surface area contributed by atoms with E-state index in [2.05, 4.69) is 40.7 Å². The lowest BCUT2D eigenvalue weighted by atomic mass is 10.2. The molecule has 0 unspecified atom stereocenters. The Labute approximate surface area is 144 Å². The van der Waals surface area contributed by atoms with E-state index in [4.69, 9.17) is 5.26 Å². The van der Waals surface area contributed by atoms with E-state index in [-0.39, 0.29) is 5.91 Å². The maximum absolute atomic E-state index is 12.4. The third kappa shape index (κ3) is 2.91. The zero-order valence-corrected chi connectivity index (χ0v) is 14.5. The van der Waals surface area contributed by atoms with Crippen LogP contribution >= 0.6 is 11.3 Å². The molecule has 0 aliphatic rings. The van der Waals surface area contributed by atoms with Crippen LogP contribution in [0.2, 0.25) is 0 Å². The monoisotopic (exact) mass is 338 g/mol. The van der Waals surface area contributed by atoms with E-state index >= 15 is 0 Å². The molecule has 0 aliphatic carbocycles. The van der Waals surface area contributed by atoms with Gasteiger partial charge in [0.2, 0.25) is 0 Å². The van der Waals surface area contributed by atoms with Crippen molar-refractivity contribution in [3.8, 4) is 16.8 Å². The summed E-state index contributed by atoms with van der Waals surface area (Å²) in [5, 5.41) is 12.4. The van der Waals surface area contributed by atoms with Crippen molar-refractivity contribution in [3.05, 3.63) is 41.4 Å². The van der Waals surface area contributed by atoms with Crippen LogP contribution in [0.4, 0.5) is 0 Å². The van der Waals surface area contributed by atoms with Crippen LogP contribution < -0.4 is 0 Å². The molecule has 2 heterocycles. The summed E-state index contributed by atoms with van der Waals surface area (Å²) in [5.74, 6) is -0.146. The fourth-order valence-corrected chi connectivity index (χ4v) is 3.55. The van der Waals surface area contributed by atoms with Gasteiger partial charge in [-0.3, -0.25) is 4.79 Å². The summed E-state index contributed by atoms with van der Waals surface area (Å²) >= 11 is 1.47. The van der Waals surface area contributed by atoms with E-state index < -0.39 is 0 Å². The minimum Gasteiger partial charge on any atom is -0.339 e. The number of hydrogen-bond donors (Lipinski definition) is 0. The zero-order chi connectivity index (χ0) is 17.1. The van der Waals surface area contributed by atoms with Gasteiger partial charge in [0.1, 0.15) is 10.7 Å². The number of benzene rings is 1. The largest absolute Gasteiger partial charge is 0.339 e.